The molecule has 2 atom stereocenters. The smallest absolute Gasteiger partial charge is 0.246 e. The Morgan fingerprint density at radius 2 is 2.10 bits per heavy atom. The van der Waals surface area contributed by atoms with Gasteiger partial charge in [-0.1, -0.05) is 19.9 Å². The van der Waals surface area contributed by atoms with E-state index in [2.05, 4.69) is 10.3 Å². The Balaban J connectivity index is 1.86. The lowest BCUT2D eigenvalue weighted by atomic mass is 9.95. The topological polar surface area (TPSA) is 62.3 Å². The molecule has 1 aromatic rings. The summed E-state index contributed by atoms with van der Waals surface area (Å²) in [6.45, 7) is 4.35. The molecule has 0 bridgehead atoms. The molecule has 2 unspecified atom stereocenters. The first-order valence-corrected chi connectivity index (χ1v) is 7.58. The second kappa shape index (κ2) is 5.47. The Morgan fingerprint density at radius 3 is 2.67 bits per heavy atom. The van der Waals surface area contributed by atoms with E-state index >= 15 is 0 Å². The molecule has 3 rings (SSSR count). The zero-order chi connectivity index (χ0) is 15.0. The van der Waals surface area contributed by atoms with Crippen molar-refractivity contribution in [3.05, 3.63) is 30.1 Å². The molecule has 0 aromatic carbocycles. The predicted molar refractivity (Wildman–Crippen MR) is 78.1 cm³/mol. The maximum absolute atomic E-state index is 12.8. The summed E-state index contributed by atoms with van der Waals surface area (Å²) in [5.74, 6) is 0.414. The summed E-state index contributed by atoms with van der Waals surface area (Å²) < 4.78 is 0. The minimum Gasteiger partial charge on any atom is -0.342 e. The standard InChI is InChI=1S/C16H21N3O2/c1-10(2)14-15(20)18-13(11-6-7-11)16(21)19(14)9-12-5-3-4-8-17-12/h3-5,8,10-11,13-14H,6-7,9H2,1-2H3,(H,18,20). The summed E-state index contributed by atoms with van der Waals surface area (Å²) in [4.78, 5) is 31.2. The van der Waals surface area contributed by atoms with E-state index in [1.165, 1.54) is 0 Å². The molecule has 1 aliphatic carbocycles. The lowest BCUT2D eigenvalue weighted by Gasteiger charge is -2.40. The quantitative estimate of drug-likeness (QED) is 0.909. The van der Waals surface area contributed by atoms with Crippen molar-refractivity contribution in [3.63, 3.8) is 0 Å². The van der Waals surface area contributed by atoms with E-state index in [1.54, 1.807) is 11.1 Å². The van der Waals surface area contributed by atoms with Crippen LogP contribution < -0.4 is 5.32 Å². The molecule has 2 amide bonds. The van der Waals surface area contributed by atoms with Crippen LogP contribution in [-0.4, -0.2) is 33.8 Å². The van der Waals surface area contributed by atoms with Crippen molar-refractivity contribution in [3.8, 4) is 0 Å². The molecule has 1 saturated carbocycles. The molecule has 5 heteroatoms. The van der Waals surface area contributed by atoms with Crippen molar-refractivity contribution in [1.82, 2.24) is 15.2 Å². The maximum atomic E-state index is 12.8. The van der Waals surface area contributed by atoms with Crippen molar-refractivity contribution in [2.45, 2.75) is 45.3 Å². The van der Waals surface area contributed by atoms with Gasteiger partial charge in [0.1, 0.15) is 12.1 Å². The number of amides is 2. The Labute approximate surface area is 124 Å². The third-order valence-electron chi connectivity index (χ3n) is 4.23. The van der Waals surface area contributed by atoms with E-state index in [9.17, 15) is 9.59 Å². The van der Waals surface area contributed by atoms with E-state index in [0.717, 1.165) is 18.5 Å². The van der Waals surface area contributed by atoms with Crippen molar-refractivity contribution in [2.24, 2.45) is 11.8 Å². The Kier molecular flexibility index (Phi) is 3.66. The van der Waals surface area contributed by atoms with Gasteiger partial charge in [0.25, 0.3) is 0 Å². The first-order valence-electron chi connectivity index (χ1n) is 7.58. The highest BCUT2D eigenvalue weighted by atomic mass is 16.2. The Hall–Kier alpha value is -1.91. The summed E-state index contributed by atoms with van der Waals surface area (Å²) in [5.41, 5.74) is 0.820. The van der Waals surface area contributed by atoms with Crippen LogP contribution in [0.25, 0.3) is 0 Å². The fourth-order valence-electron chi connectivity index (χ4n) is 3.01. The molecule has 1 saturated heterocycles. The summed E-state index contributed by atoms with van der Waals surface area (Å²) in [6.07, 6.45) is 3.77. The first kappa shape index (κ1) is 14.0. The highest BCUT2D eigenvalue weighted by Gasteiger charge is 2.47. The number of carbonyl (C=O) groups excluding carboxylic acids is 2. The SMILES string of the molecule is CC(C)C1C(=O)NC(C2CC2)C(=O)N1Cc1ccccn1. The average Bonchev–Trinajstić information content (AvgIpc) is 3.27. The van der Waals surface area contributed by atoms with Gasteiger partial charge in [0.2, 0.25) is 11.8 Å². The number of hydrogen-bond donors (Lipinski definition) is 1. The van der Waals surface area contributed by atoms with E-state index in [-0.39, 0.29) is 23.8 Å². The van der Waals surface area contributed by atoms with Crippen molar-refractivity contribution in [1.29, 1.82) is 0 Å². The molecule has 2 heterocycles. The largest absolute Gasteiger partial charge is 0.342 e. The van der Waals surface area contributed by atoms with Gasteiger partial charge < -0.3 is 10.2 Å². The second-order valence-corrected chi connectivity index (χ2v) is 6.30. The van der Waals surface area contributed by atoms with Crippen LogP contribution in [-0.2, 0) is 16.1 Å². The van der Waals surface area contributed by atoms with Crippen molar-refractivity contribution in [2.75, 3.05) is 0 Å². The van der Waals surface area contributed by atoms with Crippen LogP contribution in [0.5, 0.6) is 0 Å². The van der Waals surface area contributed by atoms with Gasteiger partial charge in [0.15, 0.2) is 0 Å². The van der Waals surface area contributed by atoms with Crippen LogP contribution in [0.2, 0.25) is 0 Å². The lowest BCUT2D eigenvalue weighted by molar-refractivity contribution is -0.152. The van der Waals surface area contributed by atoms with Gasteiger partial charge >= 0.3 is 0 Å². The van der Waals surface area contributed by atoms with Crippen LogP contribution in [0.1, 0.15) is 32.4 Å². The molecule has 1 N–H and O–H groups in total. The molecule has 1 aliphatic heterocycles. The van der Waals surface area contributed by atoms with Gasteiger partial charge in [-0.25, -0.2) is 0 Å². The Morgan fingerprint density at radius 1 is 1.33 bits per heavy atom. The van der Waals surface area contributed by atoms with Crippen LogP contribution in [0.15, 0.2) is 24.4 Å². The minimum atomic E-state index is -0.408. The molecule has 21 heavy (non-hydrogen) atoms. The van der Waals surface area contributed by atoms with Crippen LogP contribution in [0, 0.1) is 11.8 Å². The fraction of sp³-hybridized carbons (Fsp3) is 0.562. The monoisotopic (exact) mass is 287 g/mol. The number of piperazine rings is 1. The third-order valence-corrected chi connectivity index (χ3v) is 4.23. The van der Waals surface area contributed by atoms with Crippen molar-refractivity contribution >= 4 is 11.8 Å². The highest BCUT2D eigenvalue weighted by Crippen LogP contribution is 2.36. The van der Waals surface area contributed by atoms with E-state index in [4.69, 9.17) is 0 Å². The summed E-state index contributed by atoms with van der Waals surface area (Å²) in [5, 5.41) is 2.92. The van der Waals surface area contributed by atoms with Crippen molar-refractivity contribution < 1.29 is 9.59 Å². The van der Waals surface area contributed by atoms with Gasteiger partial charge in [-0.15, -0.1) is 0 Å². The van der Waals surface area contributed by atoms with E-state index in [0.29, 0.717) is 12.5 Å². The molecule has 112 valence electrons. The summed E-state index contributed by atoms with van der Waals surface area (Å²) >= 11 is 0. The number of rotatable bonds is 4. The van der Waals surface area contributed by atoms with Gasteiger partial charge in [0.05, 0.1) is 12.2 Å². The zero-order valence-electron chi connectivity index (χ0n) is 12.5. The molecule has 2 fully saturated rings. The number of pyridine rings is 1. The number of aromatic nitrogens is 1. The summed E-state index contributed by atoms with van der Waals surface area (Å²) in [7, 11) is 0. The van der Waals surface area contributed by atoms with Gasteiger partial charge in [-0.05, 0) is 36.8 Å². The van der Waals surface area contributed by atoms with Gasteiger partial charge in [0, 0.05) is 6.20 Å². The fourth-order valence-corrected chi connectivity index (χ4v) is 3.01. The highest BCUT2D eigenvalue weighted by molar-refractivity contribution is 5.97. The maximum Gasteiger partial charge on any atom is 0.246 e. The van der Waals surface area contributed by atoms with E-state index in [1.807, 2.05) is 32.0 Å². The second-order valence-electron chi connectivity index (χ2n) is 6.30. The molecule has 5 nitrogen and oxygen atoms in total. The third kappa shape index (κ3) is 2.77. The normalized spacial score (nSPS) is 26.1. The molecular weight excluding hydrogens is 266 g/mol. The number of carbonyl (C=O) groups is 2. The van der Waals surface area contributed by atoms with Crippen LogP contribution >= 0.6 is 0 Å². The Bertz CT molecular complexity index is 540. The van der Waals surface area contributed by atoms with E-state index < -0.39 is 6.04 Å². The van der Waals surface area contributed by atoms with Crippen LogP contribution in [0.3, 0.4) is 0 Å². The molecule has 0 spiro atoms. The average molecular weight is 287 g/mol. The molecule has 1 aromatic heterocycles. The van der Waals surface area contributed by atoms with Gasteiger partial charge in [-0.3, -0.25) is 14.6 Å². The number of hydrogen-bond acceptors (Lipinski definition) is 3. The summed E-state index contributed by atoms with van der Waals surface area (Å²) in [6, 6.07) is 4.90. The van der Waals surface area contributed by atoms with Gasteiger partial charge in [-0.2, -0.15) is 0 Å². The minimum absolute atomic E-state index is 0.0302. The molecule has 0 radical (unpaired) electrons. The molecular formula is C16H21N3O2. The first-order chi connectivity index (χ1) is 10.1. The predicted octanol–water partition coefficient (Wildman–Crippen LogP) is 1.34. The van der Waals surface area contributed by atoms with Crippen LogP contribution in [0.4, 0.5) is 0 Å². The lowest BCUT2D eigenvalue weighted by Crippen LogP contribution is -2.65. The number of nitrogens with one attached hydrogen (secondary N) is 1. The molecule has 2 aliphatic rings. The zero-order valence-corrected chi connectivity index (χ0v) is 12.5. The number of nitrogens with zero attached hydrogens (tertiary/aromatic N) is 2.